The molecule has 0 unspecified atom stereocenters. The molecule has 0 saturated heterocycles. The Labute approximate surface area is 66.6 Å². The lowest BCUT2D eigenvalue weighted by molar-refractivity contribution is 0.0666. The Balaban J connectivity index is 2.69. The van der Waals surface area contributed by atoms with Crippen molar-refractivity contribution in [2.24, 2.45) is 0 Å². The van der Waals surface area contributed by atoms with Gasteiger partial charge in [-0.1, -0.05) is 0 Å². The number of hydrogen-bond acceptors (Lipinski definition) is 4. The van der Waals surface area contributed by atoms with Crippen LogP contribution in [0.2, 0.25) is 0 Å². The van der Waals surface area contributed by atoms with Crippen LogP contribution in [0.15, 0.2) is 12.4 Å². The summed E-state index contributed by atoms with van der Waals surface area (Å²) < 4.78 is 13.9. The average Bonchev–Trinajstić information content (AvgIpc) is 2.32. The van der Waals surface area contributed by atoms with Crippen molar-refractivity contribution in [3.8, 4) is 0 Å². The predicted octanol–water partition coefficient (Wildman–Crippen LogP) is -0.341. The van der Waals surface area contributed by atoms with Gasteiger partial charge in [0.05, 0.1) is 0 Å². The number of nitrogens with one attached hydrogen (secondary N) is 1. The monoisotopic (exact) mass is 192 g/mol. The summed E-state index contributed by atoms with van der Waals surface area (Å²) in [6.45, 7) is 0. The first-order chi connectivity index (χ1) is 5.49. The van der Waals surface area contributed by atoms with Crippen LogP contribution in [0.25, 0.3) is 0 Å². The van der Waals surface area contributed by atoms with Gasteiger partial charge < -0.3 is 9.51 Å². The Morgan fingerprint density at radius 2 is 2.33 bits per heavy atom. The van der Waals surface area contributed by atoms with Gasteiger partial charge >= 0.3 is 13.8 Å². The molecule has 0 saturated carbocycles. The molecule has 8 heteroatoms. The predicted molar refractivity (Wildman–Crippen MR) is 36.0 cm³/mol. The average molecular weight is 192 g/mol. The Bertz CT molecular complexity index is 314. The summed E-state index contributed by atoms with van der Waals surface area (Å²) in [6.07, 6.45) is 2.59. The molecular weight excluding hydrogens is 187 g/mol. The lowest BCUT2D eigenvalue weighted by Crippen LogP contribution is -2.04. The standard InChI is InChI=1S/C4H5N2O5P/c7-4(11-12(8,9)10)3-5-1-2-6-3/h1-2H,(H,5,6)(H2,8,9,10). The Morgan fingerprint density at radius 1 is 1.67 bits per heavy atom. The molecule has 7 nitrogen and oxygen atoms in total. The minimum Gasteiger partial charge on any atom is -0.365 e. The molecule has 0 amide bonds. The molecule has 3 N–H and O–H groups in total. The number of H-pyrrole nitrogens is 1. The summed E-state index contributed by atoms with van der Waals surface area (Å²) in [6, 6.07) is 0. The van der Waals surface area contributed by atoms with E-state index in [1.807, 2.05) is 0 Å². The number of carbonyl (C=O) groups is 1. The normalized spacial score (nSPS) is 11.2. The Kier molecular flexibility index (Phi) is 2.27. The summed E-state index contributed by atoms with van der Waals surface area (Å²) in [5.74, 6) is -1.44. The van der Waals surface area contributed by atoms with E-state index in [1.165, 1.54) is 12.4 Å². The summed E-state index contributed by atoms with van der Waals surface area (Å²) in [5.41, 5.74) is 0. The molecule has 0 fully saturated rings. The van der Waals surface area contributed by atoms with Crippen molar-refractivity contribution in [2.75, 3.05) is 0 Å². The second kappa shape index (κ2) is 3.06. The lowest BCUT2D eigenvalue weighted by atomic mass is 10.6. The van der Waals surface area contributed by atoms with Crippen molar-refractivity contribution in [3.63, 3.8) is 0 Å². The molecule has 0 radical (unpaired) electrons. The zero-order valence-electron chi connectivity index (χ0n) is 5.67. The van der Waals surface area contributed by atoms with Crippen molar-refractivity contribution in [1.82, 2.24) is 9.97 Å². The molecule has 0 aliphatic carbocycles. The van der Waals surface area contributed by atoms with E-state index >= 15 is 0 Å². The highest BCUT2D eigenvalue weighted by Crippen LogP contribution is 2.36. The fourth-order valence-corrected chi connectivity index (χ4v) is 0.831. The van der Waals surface area contributed by atoms with Gasteiger partial charge in [-0.15, -0.1) is 0 Å². The first-order valence-corrected chi connectivity index (χ1v) is 4.31. The van der Waals surface area contributed by atoms with Crippen molar-refractivity contribution in [3.05, 3.63) is 18.2 Å². The molecule has 0 atom stereocenters. The van der Waals surface area contributed by atoms with Gasteiger partial charge in [0, 0.05) is 12.4 Å². The SMILES string of the molecule is O=C(OP(=O)(O)O)c1ncc[nH]1. The fourth-order valence-electron chi connectivity index (χ4n) is 0.528. The molecular formula is C4H5N2O5P. The molecule has 1 aromatic heterocycles. The van der Waals surface area contributed by atoms with Crippen LogP contribution in [-0.4, -0.2) is 25.7 Å². The number of carbonyl (C=O) groups excluding carboxylic acids is 1. The summed E-state index contributed by atoms with van der Waals surface area (Å²) in [7, 11) is -4.77. The van der Waals surface area contributed by atoms with Gasteiger partial charge in [-0.25, -0.2) is 14.3 Å². The maximum Gasteiger partial charge on any atom is 0.527 e. The zero-order chi connectivity index (χ0) is 9.19. The van der Waals surface area contributed by atoms with E-state index in [9.17, 15) is 9.36 Å². The van der Waals surface area contributed by atoms with Gasteiger partial charge in [-0.05, 0) is 0 Å². The number of aromatic amines is 1. The maximum absolute atomic E-state index is 10.7. The summed E-state index contributed by atoms with van der Waals surface area (Å²) in [4.78, 5) is 32.9. The number of rotatable bonds is 2. The minimum absolute atomic E-state index is 0.252. The summed E-state index contributed by atoms with van der Waals surface area (Å²) >= 11 is 0. The topological polar surface area (TPSA) is 113 Å². The largest absolute Gasteiger partial charge is 0.527 e. The van der Waals surface area contributed by atoms with E-state index in [0.717, 1.165) is 0 Å². The molecule has 0 aliphatic heterocycles. The van der Waals surface area contributed by atoms with Crippen LogP contribution in [0.1, 0.15) is 10.6 Å². The van der Waals surface area contributed by atoms with E-state index in [1.54, 1.807) is 0 Å². The molecule has 1 heterocycles. The maximum atomic E-state index is 10.7. The zero-order valence-corrected chi connectivity index (χ0v) is 6.56. The molecule has 1 aromatic rings. The second-order valence-electron chi connectivity index (χ2n) is 1.81. The molecule has 66 valence electrons. The first-order valence-electron chi connectivity index (χ1n) is 2.78. The number of phosphoric ester groups is 1. The third-order valence-corrected chi connectivity index (χ3v) is 1.30. The number of nitrogens with zero attached hydrogens (tertiary/aromatic N) is 1. The highest BCUT2D eigenvalue weighted by Gasteiger charge is 2.22. The fraction of sp³-hybridized carbons (Fsp3) is 0. The van der Waals surface area contributed by atoms with Crippen molar-refractivity contribution >= 4 is 13.8 Å². The van der Waals surface area contributed by atoms with Gasteiger partial charge in [0.25, 0.3) is 0 Å². The van der Waals surface area contributed by atoms with Crippen molar-refractivity contribution in [1.29, 1.82) is 0 Å². The molecule has 12 heavy (non-hydrogen) atoms. The third-order valence-electron chi connectivity index (χ3n) is 0.893. The van der Waals surface area contributed by atoms with Crippen molar-refractivity contribution < 1.29 is 23.7 Å². The highest BCUT2D eigenvalue weighted by molar-refractivity contribution is 7.46. The van der Waals surface area contributed by atoms with Crippen LogP contribution in [0.3, 0.4) is 0 Å². The van der Waals surface area contributed by atoms with Gasteiger partial charge in [0.2, 0.25) is 5.82 Å². The van der Waals surface area contributed by atoms with Gasteiger partial charge in [-0.3, -0.25) is 9.79 Å². The molecule has 0 bridgehead atoms. The van der Waals surface area contributed by atoms with E-state index in [2.05, 4.69) is 14.5 Å². The Hall–Kier alpha value is -1.17. The third kappa shape index (κ3) is 2.46. The van der Waals surface area contributed by atoms with Crippen LogP contribution in [0, 0.1) is 0 Å². The van der Waals surface area contributed by atoms with Crippen LogP contribution < -0.4 is 0 Å². The number of imidazole rings is 1. The van der Waals surface area contributed by atoms with E-state index in [-0.39, 0.29) is 5.82 Å². The van der Waals surface area contributed by atoms with Gasteiger partial charge in [0.1, 0.15) is 0 Å². The molecule has 0 aromatic carbocycles. The first kappa shape index (κ1) is 8.92. The van der Waals surface area contributed by atoms with Gasteiger partial charge in [-0.2, -0.15) is 0 Å². The second-order valence-corrected chi connectivity index (χ2v) is 2.97. The number of aromatic nitrogens is 2. The van der Waals surface area contributed by atoms with E-state index < -0.39 is 13.8 Å². The van der Waals surface area contributed by atoms with Crippen LogP contribution in [0.4, 0.5) is 0 Å². The van der Waals surface area contributed by atoms with E-state index in [0.29, 0.717) is 0 Å². The van der Waals surface area contributed by atoms with Gasteiger partial charge in [0.15, 0.2) is 0 Å². The minimum atomic E-state index is -4.77. The van der Waals surface area contributed by atoms with Crippen LogP contribution in [-0.2, 0) is 9.09 Å². The summed E-state index contributed by atoms with van der Waals surface area (Å²) in [5, 5.41) is 0. The highest BCUT2D eigenvalue weighted by atomic mass is 31.2. The molecule has 0 spiro atoms. The molecule has 1 rings (SSSR count). The van der Waals surface area contributed by atoms with Crippen LogP contribution >= 0.6 is 7.82 Å². The number of phosphoric acid groups is 1. The quantitative estimate of drug-likeness (QED) is 0.552. The molecule has 0 aliphatic rings. The Morgan fingerprint density at radius 3 is 2.75 bits per heavy atom. The smallest absolute Gasteiger partial charge is 0.365 e. The van der Waals surface area contributed by atoms with Crippen LogP contribution in [0.5, 0.6) is 0 Å². The number of hydrogen-bond donors (Lipinski definition) is 3. The lowest BCUT2D eigenvalue weighted by Gasteiger charge is -2.01. The van der Waals surface area contributed by atoms with E-state index in [4.69, 9.17) is 9.79 Å². The van der Waals surface area contributed by atoms with Crippen molar-refractivity contribution in [2.45, 2.75) is 0 Å².